The van der Waals surface area contributed by atoms with Gasteiger partial charge in [-0.05, 0) is 31.2 Å². The van der Waals surface area contributed by atoms with Crippen LogP contribution < -0.4 is 14.9 Å². The molecule has 3 aromatic rings. The third-order valence-electron chi connectivity index (χ3n) is 8.49. The second-order valence-electron chi connectivity index (χ2n) is 12.7. The molecule has 2 fully saturated rings. The maximum absolute atomic E-state index is 14.1. The van der Waals surface area contributed by atoms with Crippen LogP contribution in [0.5, 0.6) is 23.0 Å². The Morgan fingerprint density at radius 2 is 1.73 bits per heavy atom. The van der Waals surface area contributed by atoms with Crippen molar-refractivity contribution in [1.82, 2.24) is 0 Å². The van der Waals surface area contributed by atoms with E-state index in [1.165, 1.54) is 37.4 Å². The first kappa shape index (κ1) is 38.7. The van der Waals surface area contributed by atoms with Crippen molar-refractivity contribution in [3.63, 3.8) is 0 Å². The Bertz CT molecular complexity index is 1820. The average molecular weight is 739 g/mol. The van der Waals surface area contributed by atoms with Crippen molar-refractivity contribution in [2.24, 2.45) is 0 Å². The molecule has 2 aromatic carbocycles. The lowest BCUT2D eigenvalue weighted by Gasteiger charge is -2.42. The van der Waals surface area contributed by atoms with E-state index in [-0.39, 0.29) is 33.8 Å². The zero-order valence-corrected chi connectivity index (χ0v) is 27.6. The average Bonchev–Trinajstić information content (AvgIpc) is 3.36. The molecule has 0 unspecified atom stereocenters. The van der Waals surface area contributed by atoms with E-state index >= 15 is 0 Å². The van der Waals surface area contributed by atoms with E-state index in [1.54, 1.807) is 0 Å². The van der Waals surface area contributed by atoms with E-state index in [0.29, 0.717) is 0 Å². The van der Waals surface area contributed by atoms with Crippen LogP contribution in [0, 0.1) is 0 Å². The van der Waals surface area contributed by atoms with Crippen molar-refractivity contribution in [2.75, 3.05) is 26.9 Å². The minimum absolute atomic E-state index is 0.125. The van der Waals surface area contributed by atoms with Gasteiger partial charge in [0.2, 0.25) is 17.5 Å². The number of carboxylic acid groups (broad SMARTS) is 1. The van der Waals surface area contributed by atoms with Crippen LogP contribution in [-0.4, -0.2) is 139 Å². The number of benzene rings is 2. The van der Waals surface area contributed by atoms with Crippen molar-refractivity contribution in [2.45, 2.75) is 74.1 Å². The molecule has 3 heterocycles. The van der Waals surface area contributed by atoms with E-state index in [4.69, 9.17) is 37.9 Å². The number of carbonyl (C=O) groups is 2. The number of phenolic OH excluding ortho intramolecular Hbond substituents is 2. The van der Waals surface area contributed by atoms with Crippen LogP contribution in [-0.2, 0) is 28.5 Å². The first-order valence-electron chi connectivity index (χ1n) is 15.7. The molecule has 0 saturated carbocycles. The number of esters is 1. The summed E-state index contributed by atoms with van der Waals surface area (Å²) in [5, 5.41) is 92.5. The maximum Gasteiger partial charge on any atom is 0.308 e. The number of aliphatic hydroxyl groups excluding tert-OH is 4. The highest BCUT2D eigenvalue weighted by Gasteiger charge is 2.54. The summed E-state index contributed by atoms with van der Waals surface area (Å²) in [7, 11) is 1.32. The molecule has 0 spiro atoms. The summed E-state index contributed by atoms with van der Waals surface area (Å²) in [5.74, 6) is -4.02. The Hall–Kier alpha value is -4.57. The summed E-state index contributed by atoms with van der Waals surface area (Å²) < 4.78 is 39.2. The predicted octanol–water partition coefficient (Wildman–Crippen LogP) is -1.31. The summed E-state index contributed by atoms with van der Waals surface area (Å²) in [4.78, 5) is 37.6. The quantitative estimate of drug-likeness (QED) is 0.0920. The fraction of sp³-hybridized carbons (Fsp3) is 0.485. The van der Waals surface area contributed by atoms with Crippen molar-refractivity contribution in [3.05, 3.63) is 46.6 Å². The molecule has 0 amide bonds. The summed E-state index contributed by atoms with van der Waals surface area (Å²) >= 11 is 0. The molecule has 5 rings (SSSR count). The van der Waals surface area contributed by atoms with Crippen LogP contribution in [0.15, 0.2) is 45.6 Å². The molecule has 0 aliphatic carbocycles. The number of aliphatic carboxylic acids is 1. The fourth-order valence-corrected chi connectivity index (χ4v) is 5.67. The van der Waals surface area contributed by atoms with Crippen LogP contribution >= 0.6 is 0 Å². The predicted molar refractivity (Wildman–Crippen MR) is 170 cm³/mol. The van der Waals surface area contributed by atoms with Gasteiger partial charge in [0.1, 0.15) is 64.8 Å². The lowest BCUT2D eigenvalue weighted by molar-refractivity contribution is -0.319. The number of carbonyl (C=O) groups excluding carboxylic acids is 1. The SMILES string of the molecule is COc1cc(O)c2c(=O)c(O[C@@H]3O[C@@H](COC(=O)C[C@@](C)(O)CC(=O)O)[C@H](O)[C@H](O)[C@@H]3O[C@@H]3OC[C@](O)(CO)[C@@H]3O)c(-c3ccc(O)cc3)oc2c1. The van der Waals surface area contributed by atoms with Crippen molar-refractivity contribution >= 4 is 22.9 Å². The number of aromatic hydroxyl groups is 2. The van der Waals surface area contributed by atoms with Gasteiger partial charge in [0, 0.05) is 17.7 Å². The first-order chi connectivity index (χ1) is 24.5. The second kappa shape index (κ2) is 15.2. The molecule has 9 atom stereocenters. The lowest BCUT2D eigenvalue weighted by Crippen LogP contribution is -2.62. The Labute approximate surface area is 293 Å². The number of phenols is 2. The molecule has 1 aromatic heterocycles. The van der Waals surface area contributed by atoms with E-state index in [9.17, 15) is 55.2 Å². The zero-order valence-electron chi connectivity index (χ0n) is 27.6. The number of rotatable bonds is 13. The van der Waals surface area contributed by atoms with Gasteiger partial charge in [-0.3, -0.25) is 14.4 Å². The Kier molecular flexibility index (Phi) is 11.3. The number of hydrogen-bond acceptors (Lipinski definition) is 18. The Balaban J connectivity index is 1.54. The molecule has 19 nitrogen and oxygen atoms in total. The Morgan fingerprint density at radius 1 is 1.04 bits per heavy atom. The molecule has 9 N–H and O–H groups in total. The van der Waals surface area contributed by atoms with Crippen LogP contribution in [0.1, 0.15) is 19.8 Å². The third-order valence-corrected chi connectivity index (χ3v) is 8.49. The maximum atomic E-state index is 14.1. The standard InChI is InChI=1S/C33H38O19/c1-32(44,9-20(37)38)10-21(39)47-11-19-23(40)25(42)28(52-31-29(43)33(45,12-34)13-48-31)30(50-19)51-27-24(41)22-17(36)7-16(46-2)8-18(22)49-26(27)14-3-5-15(35)6-4-14/h3-8,19,23,25,28-31,34-36,40,42-45H,9-13H2,1-2H3,(H,37,38)/t19-,23-,25-,28-,29+,30-,31-,32-,33+/m0/s1. The van der Waals surface area contributed by atoms with Crippen molar-refractivity contribution in [3.8, 4) is 34.3 Å². The van der Waals surface area contributed by atoms with E-state index in [1.807, 2.05) is 0 Å². The summed E-state index contributed by atoms with van der Waals surface area (Å²) in [5.41, 5.74) is -5.16. The molecule has 2 aliphatic rings. The minimum Gasteiger partial charge on any atom is -0.508 e. The topological polar surface area (TPSA) is 302 Å². The monoisotopic (exact) mass is 738 g/mol. The van der Waals surface area contributed by atoms with Gasteiger partial charge < -0.3 is 78.8 Å². The van der Waals surface area contributed by atoms with Crippen molar-refractivity contribution in [1.29, 1.82) is 0 Å². The van der Waals surface area contributed by atoms with Crippen molar-refractivity contribution < 1.29 is 88.4 Å². The zero-order chi connectivity index (χ0) is 38.1. The Morgan fingerprint density at radius 3 is 2.35 bits per heavy atom. The summed E-state index contributed by atoms with van der Waals surface area (Å²) in [6.45, 7) is -1.28. The molecule has 0 bridgehead atoms. The van der Waals surface area contributed by atoms with Gasteiger partial charge >= 0.3 is 11.9 Å². The smallest absolute Gasteiger partial charge is 0.308 e. The molecular formula is C33H38O19. The highest BCUT2D eigenvalue weighted by atomic mass is 16.8. The fourth-order valence-electron chi connectivity index (χ4n) is 5.67. The summed E-state index contributed by atoms with van der Waals surface area (Å²) in [6.07, 6.45) is -14.7. The second-order valence-corrected chi connectivity index (χ2v) is 12.7. The molecule has 19 heteroatoms. The minimum atomic E-state index is -2.18. The van der Waals surface area contributed by atoms with Gasteiger partial charge in [-0.25, -0.2) is 0 Å². The van der Waals surface area contributed by atoms with Crippen LogP contribution in [0.25, 0.3) is 22.3 Å². The number of carboxylic acids is 1. The van der Waals surface area contributed by atoms with E-state index in [0.717, 1.165) is 13.0 Å². The molecule has 284 valence electrons. The van der Waals surface area contributed by atoms with Crippen LogP contribution in [0.4, 0.5) is 0 Å². The molecule has 2 aliphatic heterocycles. The third kappa shape index (κ3) is 8.07. The molecule has 2 saturated heterocycles. The normalized spacial score (nSPS) is 28.7. The lowest BCUT2D eigenvalue weighted by atomic mass is 9.97. The van der Waals surface area contributed by atoms with Crippen LogP contribution in [0.3, 0.4) is 0 Å². The number of hydrogen-bond donors (Lipinski definition) is 9. The number of fused-ring (bicyclic) bond motifs is 1. The van der Waals surface area contributed by atoms with Gasteiger partial charge in [-0.1, -0.05) is 0 Å². The molecule has 0 radical (unpaired) electrons. The number of aliphatic hydroxyl groups is 6. The van der Waals surface area contributed by atoms with Gasteiger partial charge in [-0.15, -0.1) is 0 Å². The number of methoxy groups -OCH3 is 1. The summed E-state index contributed by atoms with van der Waals surface area (Å²) in [6, 6.07) is 7.71. The molecule has 52 heavy (non-hydrogen) atoms. The van der Waals surface area contributed by atoms with Gasteiger partial charge in [0.15, 0.2) is 18.2 Å². The van der Waals surface area contributed by atoms with E-state index in [2.05, 4.69) is 0 Å². The number of ether oxygens (including phenoxy) is 6. The van der Waals surface area contributed by atoms with E-state index < -0.39 is 116 Å². The van der Waals surface area contributed by atoms with Gasteiger partial charge in [0.25, 0.3) is 0 Å². The van der Waals surface area contributed by atoms with Crippen LogP contribution in [0.2, 0.25) is 0 Å². The highest BCUT2D eigenvalue weighted by Crippen LogP contribution is 2.39. The largest absolute Gasteiger partial charge is 0.508 e. The first-order valence-corrected chi connectivity index (χ1v) is 15.7. The highest BCUT2D eigenvalue weighted by molar-refractivity contribution is 5.88. The molecular weight excluding hydrogens is 700 g/mol. The van der Waals surface area contributed by atoms with Gasteiger partial charge in [0.05, 0.1) is 38.8 Å². The van der Waals surface area contributed by atoms with Gasteiger partial charge in [-0.2, -0.15) is 0 Å².